The van der Waals surface area contributed by atoms with Crippen LogP contribution in [0.25, 0.3) is 0 Å². The molecule has 15 heavy (non-hydrogen) atoms. The number of unbranched alkanes of at least 4 members (excludes halogenated alkanes) is 2. The zero-order valence-electron chi connectivity index (χ0n) is 9.36. The van der Waals surface area contributed by atoms with Crippen LogP contribution < -0.4 is 0 Å². The lowest BCUT2D eigenvalue weighted by molar-refractivity contribution is -0.208. The normalized spacial score (nSPS) is 13.5. The van der Waals surface area contributed by atoms with Crippen LogP contribution in [0.3, 0.4) is 0 Å². The largest absolute Gasteiger partial charge is 0.340 e. The average molecular weight is 238 g/mol. The summed E-state index contributed by atoms with van der Waals surface area (Å²) in [6.45, 7) is 4.65. The maximum Gasteiger partial charge on any atom is 0.340 e. The highest BCUT2D eigenvalue weighted by Crippen LogP contribution is 2.12. The van der Waals surface area contributed by atoms with Gasteiger partial charge in [-0.2, -0.15) is 8.42 Å². The van der Waals surface area contributed by atoms with Crippen molar-refractivity contribution in [3.8, 4) is 0 Å². The Bertz CT molecular complexity index is 283. The second-order valence-corrected chi connectivity index (χ2v) is 5.37. The van der Waals surface area contributed by atoms with Crippen molar-refractivity contribution in [2.24, 2.45) is 0 Å². The van der Waals surface area contributed by atoms with Crippen LogP contribution in [0.2, 0.25) is 0 Å². The summed E-state index contributed by atoms with van der Waals surface area (Å²) in [7, 11) is -3.78. The Morgan fingerprint density at radius 3 is 2.40 bits per heavy atom. The minimum absolute atomic E-state index is 0.511. The van der Waals surface area contributed by atoms with Gasteiger partial charge in [0.15, 0.2) is 0 Å². The molecule has 5 nitrogen and oxygen atoms in total. The Morgan fingerprint density at radius 2 is 1.93 bits per heavy atom. The van der Waals surface area contributed by atoms with E-state index < -0.39 is 21.3 Å². The first-order valence-corrected chi connectivity index (χ1v) is 6.47. The molecular weight excluding hydrogens is 220 g/mol. The topological polar surface area (TPSA) is 69.7 Å². The first-order valence-electron chi connectivity index (χ1n) is 5.00. The van der Waals surface area contributed by atoms with Crippen LogP contribution in [0, 0.1) is 0 Å². The Balaban J connectivity index is 4.03. The summed E-state index contributed by atoms with van der Waals surface area (Å²) in [4.78, 5) is 14.4. The minimum atomic E-state index is -3.78. The van der Waals surface area contributed by atoms with Crippen molar-refractivity contribution in [1.29, 1.82) is 0 Å². The molecule has 0 rings (SSSR count). The van der Waals surface area contributed by atoms with E-state index in [1.54, 1.807) is 0 Å². The molecule has 90 valence electrons. The first-order chi connectivity index (χ1) is 6.90. The fourth-order valence-electron chi connectivity index (χ4n) is 0.989. The minimum Gasteiger partial charge on any atom is -0.282 e. The molecule has 0 radical (unpaired) electrons. The van der Waals surface area contributed by atoms with Gasteiger partial charge in [-0.25, -0.2) is 4.79 Å². The van der Waals surface area contributed by atoms with E-state index in [0.29, 0.717) is 6.42 Å². The number of hydrogen-bond acceptors (Lipinski definition) is 5. The van der Waals surface area contributed by atoms with Crippen LogP contribution in [0.5, 0.6) is 0 Å². The Hall–Kier alpha value is -0.620. The quantitative estimate of drug-likeness (QED) is 0.384. The smallest absolute Gasteiger partial charge is 0.282 e. The molecule has 0 heterocycles. The zero-order valence-corrected chi connectivity index (χ0v) is 10.2. The molecular formula is C9H18O5S. The Labute approximate surface area is 90.8 Å². The molecule has 0 aliphatic carbocycles. The maximum atomic E-state index is 11.3. The summed E-state index contributed by atoms with van der Waals surface area (Å²) >= 11 is 0. The number of carbonyl (C=O) groups is 1. The molecule has 0 spiro atoms. The van der Waals surface area contributed by atoms with Gasteiger partial charge < -0.3 is 0 Å². The van der Waals surface area contributed by atoms with E-state index in [1.165, 1.54) is 6.92 Å². The second kappa shape index (κ2) is 6.79. The summed E-state index contributed by atoms with van der Waals surface area (Å²) < 4.78 is 26.8. The van der Waals surface area contributed by atoms with E-state index in [2.05, 4.69) is 9.22 Å². The van der Waals surface area contributed by atoms with Gasteiger partial charge in [-0.3, -0.25) is 4.89 Å². The van der Waals surface area contributed by atoms with E-state index in [4.69, 9.17) is 0 Å². The Morgan fingerprint density at radius 1 is 1.33 bits per heavy atom. The summed E-state index contributed by atoms with van der Waals surface area (Å²) in [6, 6.07) is 0. The van der Waals surface area contributed by atoms with Crippen molar-refractivity contribution in [1.82, 2.24) is 0 Å². The van der Waals surface area contributed by atoms with E-state index in [0.717, 1.165) is 26.2 Å². The van der Waals surface area contributed by atoms with Gasteiger partial charge in [0.05, 0.1) is 5.25 Å². The van der Waals surface area contributed by atoms with Crippen LogP contribution in [0.15, 0.2) is 0 Å². The number of hydrogen-bond donors (Lipinski definition) is 0. The number of rotatable bonds is 7. The highest BCUT2D eigenvalue weighted by molar-refractivity contribution is 7.87. The highest BCUT2D eigenvalue weighted by atomic mass is 32.2. The zero-order chi connectivity index (χ0) is 11.9. The molecule has 0 aromatic heterocycles. The second-order valence-electron chi connectivity index (χ2n) is 3.44. The summed E-state index contributed by atoms with van der Waals surface area (Å²) in [5.74, 6) is -0.778. The van der Waals surface area contributed by atoms with Crippen molar-refractivity contribution >= 4 is 16.1 Å². The molecule has 0 bridgehead atoms. The average Bonchev–Trinajstić information content (AvgIpc) is 2.15. The van der Waals surface area contributed by atoms with Crippen LogP contribution >= 0.6 is 0 Å². The van der Waals surface area contributed by atoms with E-state index >= 15 is 0 Å². The molecule has 0 aliphatic rings. The monoisotopic (exact) mass is 238 g/mol. The van der Waals surface area contributed by atoms with Gasteiger partial charge >= 0.3 is 16.1 Å². The van der Waals surface area contributed by atoms with E-state index in [1.807, 2.05) is 6.92 Å². The van der Waals surface area contributed by atoms with Gasteiger partial charge in [0.25, 0.3) is 0 Å². The molecule has 0 fully saturated rings. The molecule has 1 atom stereocenters. The predicted molar refractivity (Wildman–Crippen MR) is 55.4 cm³/mol. The molecule has 0 saturated carbocycles. The van der Waals surface area contributed by atoms with Gasteiger partial charge in [0.1, 0.15) is 0 Å². The molecule has 0 saturated heterocycles. The van der Waals surface area contributed by atoms with Crippen molar-refractivity contribution in [3.05, 3.63) is 0 Å². The lowest BCUT2D eigenvalue weighted by Crippen LogP contribution is -2.21. The predicted octanol–water partition coefficient (Wildman–Crippen LogP) is 1.78. The van der Waals surface area contributed by atoms with Crippen molar-refractivity contribution < 1.29 is 22.4 Å². The molecule has 0 aliphatic heterocycles. The third-order valence-electron chi connectivity index (χ3n) is 1.95. The summed E-state index contributed by atoms with van der Waals surface area (Å²) in [6.07, 6.45) is 3.34. The number of carbonyl (C=O) groups excluding carboxylic acids is 1. The van der Waals surface area contributed by atoms with Gasteiger partial charge in [0, 0.05) is 6.92 Å². The Kier molecular flexibility index (Phi) is 6.51. The lowest BCUT2D eigenvalue weighted by Gasteiger charge is -2.10. The van der Waals surface area contributed by atoms with E-state index in [9.17, 15) is 13.2 Å². The van der Waals surface area contributed by atoms with Crippen molar-refractivity contribution in [2.45, 2.75) is 51.7 Å². The third-order valence-corrected chi connectivity index (χ3v) is 3.43. The van der Waals surface area contributed by atoms with Crippen LogP contribution in [-0.4, -0.2) is 19.6 Å². The van der Waals surface area contributed by atoms with Gasteiger partial charge in [0.2, 0.25) is 0 Å². The van der Waals surface area contributed by atoms with Crippen molar-refractivity contribution in [2.75, 3.05) is 0 Å². The molecule has 6 heteroatoms. The fourth-order valence-corrected chi connectivity index (χ4v) is 1.77. The third kappa shape index (κ3) is 6.46. The van der Waals surface area contributed by atoms with Gasteiger partial charge in [-0.05, 0) is 13.3 Å². The molecule has 0 unspecified atom stereocenters. The molecule has 0 aromatic rings. The standard InChI is InChI=1S/C9H18O5S/c1-4-5-6-7-8(2)15(11,12)14-13-9(3)10/h8H,4-7H2,1-3H3/t8-/m1/s1. The first kappa shape index (κ1) is 14.4. The van der Waals surface area contributed by atoms with E-state index in [-0.39, 0.29) is 0 Å². The highest BCUT2D eigenvalue weighted by Gasteiger charge is 2.23. The summed E-state index contributed by atoms with van der Waals surface area (Å²) in [5.41, 5.74) is 0. The van der Waals surface area contributed by atoms with Crippen molar-refractivity contribution in [3.63, 3.8) is 0 Å². The van der Waals surface area contributed by atoms with Gasteiger partial charge in [-0.1, -0.05) is 30.5 Å². The van der Waals surface area contributed by atoms with Gasteiger partial charge in [-0.15, -0.1) is 0 Å². The fraction of sp³-hybridized carbons (Fsp3) is 0.889. The SMILES string of the molecule is CCCCC[C@@H](C)S(=O)(=O)OOC(C)=O. The summed E-state index contributed by atoms with van der Waals surface area (Å²) in [5, 5.41) is -0.650. The molecule has 0 aromatic carbocycles. The van der Waals surface area contributed by atoms with Crippen LogP contribution in [0.1, 0.15) is 46.5 Å². The van der Waals surface area contributed by atoms with Crippen LogP contribution in [0.4, 0.5) is 0 Å². The molecule has 0 N–H and O–H groups in total. The molecule has 0 amide bonds. The lowest BCUT2D eigenvalue weighted by atomic mass is 10.2. The van der Waals surface area contributed by atoms with Crippen LogP contribution in [-0.2, 0) is 24.1 Å². The maximum absolute atomic E-state index is 11.3.